The van der Waals surface area contributed by atoms with Crippen LogP contribution in [0.5, 0.6) is 5.75 Å². The lowest BCUT2D eigenvalue weighted by Gasteiger charge is -2.38. The van der Waals surface area contributed by atoms with Crippen molar-refractivity contribution in [2.24, 2.45) is 0 Å². The Bertz CT molecular complexity index is 1230. The second-order valence-corrected chi connectivity index (χ2v) is 7.99. The number of aliphatic hydroxyl groups is 1. The summed E-state index contributed by atoms with van der Waals surface area (Å²) in [5.41, 5.74) is 1.22. The second-order valence-electron chi connectivity index (χ2n) is 7.07. The van der Waals surface area contributed by atoms with Crippen molar-refractivity contribution < 1.29 is 19.3 Å². The Hall–Kier alpha value is -2.44. The molecular formula is C24H19BrO4. The molecule has 1 atom stereocenters. The van der Waals surface area contributed by atoms with Crippen LogP contribution in [0.4, 0.5) is 0 Å². The van der Waals surface area contributed by atoms with Crippen LogP contribution in [-0.4, -0.2) is 19.3 Å². The molecular weight excluding hydrogens is 432 g/mol. The van der Waals surface area contributed by atoms with Crippen LogP contribution in [0.15, 0.2) is 77.3 Å². The van der Waals surface area contributed by atoms with Crippen LogP contribution in [0.25, 0.3) is 21.5 Å². The van der Waals surface area contributed by atoms with Gasteiger partial charge >= 0.3 is 0 Å². The van der Waals surface area contributed by atoms with E-state index in [1.807, 2.05) is 48.5 Å². The molecule has 0 amide bonds. The first-order valence-corrected chi connectivity index (χ1v) is 10.1. The highest BCUT2D eigenvalue weighted by Gasteiger charge is 2.64. The van der Waals surface area contributed by atoms with E-state index < -0.39 is 11.6 Å². The van der Waals surface area contributed by atoms with E-state index in [0.717, 1.165) is 26.0 Å². The van der Waals surface area contributed by atoms with E-state index in [9.17, 15) is 5.11 Å². The Morgan fingerprint density at radius 3 is 1.86 bits per heavy atom. The van der Waals surface area contributed by atoms with Gasteiger partial charge in [0, 0.05) is 29.6 Å². The van der Waals surface area contributed by atoms with Gasteiger partial charge in [-0.2, -0.15) is 0 Å². The van der Waals surface area contributed by atoms with Crippen molar-refractivity contribution in [3.63, 3.8) is 0 Å². The Morgan fingerprint density at radius 2 is 1.28 bits per heavy atom. The maximum absolute atomic E-state index is 11.9. The highest BCUT2D eigenvalue weighted by molar-refractivity contribution is 9.10. The third-order valence-corrected chi connectivity index (χ3v) is 6.25. The van der Waals surface area contributed by atoms with Gasteiger partial charge in [-0.1, -0.05) is 76.6 Å². The number of benzene rings is 4. The highest BCUT2D eigenvalue weighted by atomic mass is 79.9. The number of methoxy groups -OCH3 is 2. The van der Waals surface area contributed by atoms with Crippen molar-refractivity contribution in [1.82, 2.24) is 0 Å². The van der Waals surface area contributed by atoms with Gasteiger partial charge in [0.25, 0.3) is 11.6 Å². The molecule has 0 bridgehead atoms. The van der Waals surface area contributed by atoms with E-state index in [0.29, 0.717) is 16.9 Å². The van der Waals surface area contributed by atoms with Gasteiger partial charge in [0.1, 0.15) is 5.75 Å². The maximum Gasteiger partial charge on any atom is 0.294 e. The molecule has 29 heavy (non-hydrogen) atoms. The molecule has 0 fully saturated rings. The van der Waals surface area contributed by atoms with Crippen LogP contribution in [0.1, 0.15) is 11.1 Å². The minimum Gasteiger partial charge on any atom is -0.451 e. The van der Waals surface area contributed by atoms with Crippen molar-refractivity contribution in [1.29, 1.82) is 0 Å². The Morgan fingerprint density at radius 1 is 0.759 bits per heavy atom. The van der Waals surface area contributed by atoms with Crippen LogP contribution >= 0.6 is 15.9 Å². The monoisotopic (exact) mass is 450 g/mol. The molecule has 1 heterocycles. The Labute approximate surface area is 176 Å². The Balaban J connectivity index is 1.93. The van der Waals surface area contributed by atoms with Gasteiger partial charge in [-0.3, -0.25) is 0 Å². The predicted molar refractivity (Wildman–Crippen MR) is 116 cm³/mol. The summed E-state index contributed by atoms with van der Waals surface area (Å²) in [5, 5.41) is 15.8. The average Bonchev–Trinajstić information content (AvgIpc) is 3.04. The fraction of sp³-hybridized carbons (Fsp3) is 0.167. The maximum atomic E-state index is 11.9. The van der Waals surface area contributed by atoms with Crippen molar-refractivity contribution in [3.05, 3.63) is 88.4 Å². The minimum atomic E-state index is -1.87. The summed E-state index contributed by atoms with van der Waals surface area (Å²) in [5.74, 6) is -2.85. The lowest BCUT2D eigenvalue weighted by molar-refractivity contribution is -0.363. The molecule has 0 saturated carbocycles. The van der Waals surface area contributed by atoms with E-state index in [-0.39, 0.29) is 0 Å². The first kappa shape index (κ1) is 18.6. The summed E-state index contributed by atoms with van der Waals surface area (Å²) in [4.78, 5) is 0. The Kier molecular flexibility index (Phi) is 4.19. The molecule has 5 rings (SSSR count). The fourth-order valence-corrected chi connectivity index (χ4v) is 4.68. The van der Waals surface area contributed by atoms with E-state index in [4.69, 9.17) is 14.2 Å². The van der Waals surface area contributed by atoms with Crippen molar-refractivity contribution in [2.75, 3.05) is 14.2 Å². The molecule has 4 aromatic carbocycles. The van der Waals surface area contributed by atoms with Gasteiger partial charge < -0.3 is 19.3 Å². The van der Waals surface area contributed by atoms with Gasteiger partial charge in [0.2, 0.25) is 0 Å². The third-order valence-electron chi connectivity index (χ3n) is 5.72. The van der Waals surface area contributed by atoms with Crippen molar-refractivity contribution in [3.8, 4) is 5.75 Å². The lowest BCUT2D eigenvalue weighted by Crippen LogP contribution is -2.51. The summed E-state index contributed by atoms with van der Waals surface area (Å²) < 4.78 is 19.1. The normalized spacial score (nSPS) is 20.0. The van der Waals surface area contributed by atoms with Gasteiger partial charge in [0.05, 0.1) is 5.56 Å². The van der Waals surface area contributed by atoms with Crippen LogP contribution < -0.4 is 4.74 Å². The molecule has 1 aliphatic heterocycles. The number of halogens is 1. The molecule has 146 valence electrons. The predicted octanol–water partition coefficient (Wildman–Crippen LogP) is 5.44. The minimum absolute atomic E-state index is 0.536. The molecule has 0 radical (unpaired) electrons. The smallest absolute Gasteiger partial charge is 0.294 e. The van der Waals surface area contributed by atoms with E-state index >= 15 is 0 Å². The van der Waals surface area contributed by atoms with Crippen LogP contribution in [0.2, 0.25) is 0 Å². The largest absolute Gasteiger partial charge is 0.451 e. The summed E-state index contributed by atoms with van der Waals surface area (Å²) >= 11 is 3.44. The number of fused-ring (bicyclic) bond motifs is 6. The zero-order valence-corrected chi connectivity index (χ0v) is 17.6. The molecule has 4 nitrogen and oxygen atoms in total. The molecule has 0 aliphatic carbocycles. The van der Waals surface area contributed by atoms with Gasteiger partial charge in [-0.25, -0.2) is 0 Å². The number of hydrogen-bond acceptors (Lipinski definition) is 4. The highest BCUT2D eigenvalue weighted by Crippen LogP contribution is 2.58. The zero-order chi connectivity index (χ0) is 20.2. The third kappa shape index (κ3) is 2.36. The molecule has 1 aliphatic rings. The molecule has 1 unspecified atom stereocenters. The second kappa shape index (κ2) is 6.54. The van der Waals surface area contributed by atoms with Crippen LogP contribution in [-0.2, 0) is 21.0 Å². The number of hydrogen-bond donors (Lipinski definition) is 1. The first-order chi connectivity index (χ1) is 14.1. The molecule has 5 heteroatoms. The van der Waals surface area contributed by atoms with Crippen LogP contribution in [0.3, 0.4) is 0 Å². The van der Waals surface area contributed by atoms with E-state index in [2.05, 4.69) is 28.1 Å². The molecule has 0 saturated heterocycles. The van der Waals surface area contributed by atoms with Gasteiger partial charge in [0.15, 0.2) is 0 Å². The molecule has 4 aromatic rings. The van der Waals surface area contributed by atoms with Gasteiger partial charge in [-0.05, 0) is 28.3 Å². The molecule has 0 aromatic heterocycles. The molecule has 1 N–H and O–H groups in total. The van der Waals surface area contributed by atoms with Gasteiger partial charge in [-0.15, -0.1) is 0 Å². The van der Waals surface area contributed by atoms with E-state index in [1.54, 1.807) is 12.1 Å². The quantitative estimate of drug-likeness (QED) is 0.333. The summed E-state index contributed by atoms with van der Waals surface area (Å²) in [7, 11) is 3.05. The number of ether oxygens (including phenoxy) is 3. The van der Waals surface area contributed by atoms with E-state index in [1.165, 1.54) is 14.2 Å². The molecule has 0 spiro atoms. The summed E-state index contributed by atoms with van der Waals surface area (Å²) in [6.07, 6.45) is 0. The summed E-state index contributed by atoms with van der Waals surface area (Å²) in [6.45, 7) is 0. The van der Waals surface area contributed by atoms with Crippen molar-refractivity contribution in [2.45, 2.75) is 11.6 Å². The standard InChI is InChI=1S/C24H19BrO4/c1-27-24(28-2)21-19-9-5-3-7-17(19)18-8-4-6-10-20(18)22(21)29-23(24,26)15-11-13-16(25)14-12-15/h3-14,26H,1-2H3. The average molecular weight is 451 g/mol. The topological polar surface area (TPSA) is 47.9 Å². The van der Waals surface area contributed by atoms with Crippen molar-refractivity contribution >= 4 is 37.5 Å². The number of rotatable bonds is 3. The SMILES string of the molecule is COC1(OC)c2c(c3ccccc3c3ccccc23)OC1(O)c1ccc(Br)cc1. The summed E-state index contributed by atoms with van der Waals surface area (Å²) in [6, 6.07) is 23.3. The lowest BCUT2D eigenvalue weighted by atomic mass is 9.87. The fourth-order valence-electron chi connectivity index (χ4n) is 4.41. The van der Waals surface area contributed by atoms with Crippen LogP contribution in [0, 0.1) is 0 Å². The zero-order valence-electron chi connectivity index (χ0n) is 16.0. The first-order valence-electron chi connectivity index (χ1n) is 9.27.